The SMILES string of the molecule is N#CC(CC1CCC2(CC2)NC1=O)NC(=O)C(CC1CC1)NC(=O)c1cc2cc(F)cc(Cl)c2[nH]1. The van der Waals surface area contributed by atoms with Gasteiger partial charge in [-0.25, -0.2) is 4.39 Å². The first-order valence-corrected chi connectivity index (χ1v) is 12.4. The fourth-order valence-corrected chi connectivity index (χ4v) is 5.16. The van der Waals surface area contributed by atoms with E-state index < -0.39 is 29.7 Å². The molecule has 10 heteroatoms. The number of fused-ring (bicyclic) bond motifs is 1. The van der Waals surface area contributed by atoms with Crippen molar-refractivity contribution in [3.63, 3.8) is 0 Å². The second kappa shape index (κ2) is 9.15. The van der Waals surface area contributed by atoms with Crippen LogP contribution >= 0.6 is 11.6 Å². The summed E-state index contributed by atoms with van der Waals surface area (Å²) in [6.07, 6.45) is 6.26. The summed E-state index contributed by atoms with van der Waals surface area (Å²) in [6.45, 7) is 0. The Kier molecular flexibility index (Phi) is 6.18. The van der Waals surface area contributed by atoms with Crippen LogP contribution in [0.5, 0.6) is 0 Å². The first-order chi connectivity index (χ1) is 16.7. The van der Waals surface area contributed by atoms with Crippen molar-refractivity contribution in [1.29, 1.82) is 5.26 Å². The maximum Gasteiger partial charge on any atom is 0.268 e. The van der Waals surface area contributed by atoms with E-state index in [-0.39, 0.29) is 34.5 Å². The van der Waals surface area contributed by atoms with Gasteiger partial charge in [0.25, 0.3) is 5.91 Å². The maximum atomic E-state index is 13.7. The lowest BCUT2D eigenvalue weighted by atomic mass is 9.87. The van der Waals surface area contributed by atoms with E-state index in [0.29, 0.717) is 29.7 Å². The van der Waals surface area contributed by atoms with Crippen LogP contribution in [0.25, 0.3) is 10.9 Å². The Bertz CT molecular complexity index is 1230. The molecular weight excluding hydrogens is 473 g/mol. The predicted molar refractivity (Wildman–Crippen MR) is 127 cm³/mol. The summed E-state index contributed by atoms with van der Waals surface area (Å²) >= 11 is 6.07. The molecule has 3 fully saturated rings. The zero-order chi connectivity index (χ0) is 24.7. The average molecular weight is 500 g/mol. The quantitative estimate of drug-likeness (QED) is 0.444. The number of H-pyrrole nitrogens is 1. The Morgan fingerprint density at radius 3 is 2.60 bits per heavy atom. The van der Waals surface area contributed by atoms with Crippen LogP contribution in [-0.2, 0) is 9.59 Å². The van der Waals surface area contributed by atoms with Crippen LogP contribution in [0.4, 0.5) is 4.39 Å². The Morgan fingerprint density at radius 2 is 1.94 bits per heavy atom. The van der Waals surface area contributed by atoms with Crippen molar-refractivity contribution in [3.05, 3.63) is 34.7 Å². The van der Waals surface area contributed by atoms with E-state index in [2.05, 4.69) is 27.0 Å². The highest BCUT2D eigenvalue weighted by Gasteiger charge is 2.48. The molecular formula is C25H27ClFN5O3. The molecule has 2 aliphatic carbocycles. The molecule has 3 amide bonds. The highest BCUT2D eigenvalue weighted by molar-refractivity contribution is 6.35. The number of nitrogens with one attached hydrogen (secondary N) is 4. The number of halogens is 2. The van der Waals surface area contributed by atoms with Crippen LogP contribution in [0.3, 0.4) is 0 Å². The lowest BCUT2D eigenvalue weighted by molar-refractivity contribution is -0.129. The molecule has 8 nitrogen and oxygen atoms in total. The van der Waals surface area contributed by atoms with Crippen molar-refractivity contribution in [2.75, 3.05) is 0 Å². The monoisotopic (exact) mass is 499 g/mol. The molecule has 0 radical (unpaired) electrons. The van der Waals surface area contributed by atoms with Gasteiger partial charge >= 0.3 is 0 Å². The molecule has 2 aromatic rings. The number of amides is 3. The van der Waals surface area contributed by atoms with E-state index in [1.54, 1.807) is 0 Å². The van der Waals surface area contributed by atoms with Crippen molar-refractivity contribution in [1.82, 2.24) is 20.9 Å². The summed E-state index contributed by atoms with van der Waals surface area (Å²) < 4.78 is 13.7. The molecule has 184 valence electrons. The van der Waals surface area contributed by atoms with Crippen LogP contribution < -0.4 is 16.0 Å². The van der Waals surface area contributed by atoms with E-state index in [1.165, 1.54) is 12.1 Å². The number of aromatic nitrogens is 1. The molecule has 1 spiro atoms. The lowest BCUT2D eigenvalue weighted by Gasteiger charge is -2.30. The van der Waals surface area contributed by atoms with Crippen LogP contribution in [0.2, 0.25) is 5.02 Å². The number of hydrogen-bond donors (Lipinski definition) is 4. The number of benzene rings is 1. The van der Waals surface area contributed by atoms with Gasteiger partial charge in [0.05, 0.1) is 16.6 Å². The first kappa shape index (κ1) is 23.6. The Labute approximate surface area is 207 Å². The highest BCUT2D eigenvalue weighted by Crippen LogP contribution is 2.44. The molecule has 1 aliphatic heterocycles. The summed E-state index contributed by atoms with van der Waals surface area (Å²) in [5.74, 6) is -1.53. The largest absolute Gasteiger partial charge is 0.350 e. The van der Waals surface area contributed by atoms with E-state index in [4.69, 9.17) is 11.6 Å². The van der Waals surface area contributed by atoms with Gasteiger partial charge in [0.1, 0.15) is 23.6 Å². The summed E-state index contributed by atoms with van der Waals surface area (Å²) in [4.78, 5) is 41.4. The third kappa shape index (κ3) is 5.27. The minimum Gasteiger partial charge on any atom is -0.350 e. The number of nitrogens with zero attached hydrogens (tertiary/aromatic N) is 1. The number of carbonyl (C=O) groups is 3. The molecule has 1 aromatic heterocycles. The van der Waals surface area contributed by atoms with Crippen LogP contribution in [0.1, 0.15) is 61.9 Å². The summed E-state index contributed by atoms with van der Waals surface area (Å²) in [5.41, 5.74) is 0.563. The fourth-order valence-electron chi connectivity index (χ4n) is 4.90. The number of carbonyl (C=O) groups excluding carboxylic acids is 3. The van der Waals surface area contributed by atoms with Crippen LogP contribution in [0, 0.1) is 29.0 Å². The third-order valence-electron chi connectivity index (χ3n) is 7.35. The fraction of sp³-hybridized carbons (Fsp3) is 0.520. The minimum atomic E-state index is -0.834. The van der Waals surface area contributed by atoms with Gasteiger partial charge in [-0.05, 0) is 62.6 Å². The van der Waals surface area contributed by atoms with Gasteiger partial charge in [0, 0.05) is 16.8 Å². The molecule has 3 aliphatic rings. The second-order valence-electron chi connectivity index (χ2n) is 10.2. The number of piperidine rings is 1. The highest BCUT2D eigenvalue weighted by atomic mass is 35.5. The zero-order valence-corrected chi connectivity index (χ0v) is 19.9. The first-order valence-electron chi connectivity index (χ1n) is 12.1. The van der Waals surface area contributed by atoms with E-state index in [1.807, 2.05) is 0 Å². The molecule has 5 rings (SSSR count). The number of nitriles is 1. The van der Waals surface area contributed by atoms with Gasteiger partial charge in [0.2, 0.25) is 11.8 Å². The van der Waals surface area contributed by atoms with Gasteiger partial charge in [-0.1, -0.05) is 24.4 Å². The topological polar surface area (TPSA) is 127 Å². The lowest BCUT2D eigenvalue weighted by Crippen LogP contribution is -2.51. The van der Waals surface area contributed by atoms with Crippen molar-refractivity contribution in [2.45, 2.75) is 69.0 Å². The Morgan fingerprint density at radius 1 is 1.17 bits per heavy atom. The molecule has 1 saturated heterocycles. The molecule has 1 aromatic carbocycles. The van der Waals surface area contributed by atoms with E-state index in [9.17, 15) is 24.0 Å². The smallest absolute Gasteiger partial charge is 0.268 e. The van der Waals surface area contributed by atoms with Crippen molar-refractivity contribution in [3.8, 4) is 6.07 Å². The molecule has 3 atom stereocenters. The van der Waals surface area contributed by atoms with Gasteiger partial charge in [0.15, 0.2) is 0 Å². The van der Waals surface area contributed by atoms with E-state index >= 15 is 0 Å². The Hall–Kier alpha value is -3.12. The van der Waals surface area contributed by atoms with Crippen molar-refractivity contribution >= 4 is 40.2 Å². The maximum absolute atomic E-state index is 13.7. The van der Waals surface area contributed by atoms with Crippen LogP contribution in [-0.4, -0.2) is 40.3 Å². The van der Waals surface area contributed by atoms with Gasteiger partial charge in [-0.15, -0.1) is 0 Å². The average Bonchev–Trinajstić information content (AvgIpc) is 3.73. The van der Waals surface area contributed by atoms with Gasteiger partial charge in [-0.2, -0.15) is 5.26 Å². The number of rotatable bonds is 8. The van der Waals surface area contributed by atoms with E-state index in [0.717, 1.165) is 38.2 Å². The van der Waals surface area contributed by atoms with Crippen LogP contribution in [0.15, 0.2) is 18.2 Å². The molecule has 3 unspecified atom stereocenters. The summed E-state index contributed by atoms with van der Waals surface area (Å²) in [5, 5.41) is 18.8. The minimum absolute atomic E-state index is 0.0305. The van der Waals surface area contributed by atoms with Gasteiger partial charge in [-0.3, -0.25) is 14.4 Å². The molecule has 2 saturated carbocycles. The standard InChI is InChI=1S/C25H27ClFN5O3/c26-18-11-16(27)8-15-10-20(30-21(15)18)24(35)31-19(7-13-1-2-13)23(34)29-17(12-28)9-14-3-4-25(5-6-25)32-22(14)33/h8,10-11,13-14,17,19,30H,1-7,9H2,(H,29,34)(H,31,35)(H,32,33). The Balaban J connectivity index is 1.24. The van der Waals surface area contributed by atoms with Crippen molar-refractivity contribution < 1.29 is 18.8 Å². The summed E-state index contributed by atoms with van der Waals surface area (Å²) in [7, 11) is 0. The molecule has 0 bridgehead atoms. The normalized spacial score (nSPS) is 22.2. The molecule has 2 heterocycles. The van der Waals surface area contributed by atoms with Crippen molar-refractivity contribution in [2.24, 2.45) is 11.8 Å². The molecule has 35 heavy (non-hydrogen) atoms. The second-order valence-corrected chi connectivity index (χ2v) is 10.6. The van der Waals surface area contributed by atoms with Gasteiger partial charge < -0.3 is 20.9 Å². The number of hydrogen-bond acceptors (Lipinski definition) is 4. The number of aromatic amines is 1. The predicted octanol–water partition coefficient (Wildman–Crippen LogP) is 3.32. The third-order valence-corrected chi connectivity index (χ3v) is 7.65. The molecule has 4 N–H and O–H groups in total. The zero-order valence-electron chi connectivity index (χ0n) is 19.1. The summed E-state index contributed by atoms with van der Waals surface area (Å²) in [6, 6.07) is 4.34.